The number of benzene rings is 1. The monoisotopic (exact) mass is 283 g/mol. The summed E-state index contributed by atoms with van der Waals surface area (Å²) in [7, 11) is 0. The van der Waals surface area contributed by atoms with Gasteiger partial charge < -0.3 is 5.32 Å². The molecule has 0 radical (unpaired) electrons. The zero-order valence-electron chi connectivity index (χ0n) is 11.4. The van der Waals surface area contributed by atoms with Crippen molar-refractivity contribution in [1.82, 2.24) is 15.3 Å². The van der Waals surface area contributed by atoms with Crippen molar-refractivity contribution in [2.24, 2.45) is 0 Å². The van der Waals surface area contributed by atoms with Gasteiger partial charge in [0.15, 0.2) is 0 Å². The maximum atomic E-state index is 4.49. The van der Waals surface area contributed by atoms with E-state index in [1.165, 1.54) is 10.9 Å². The summed E-state index contributed by atoms with van der Waals surface area (Å²) < 4.78 is 0. The molecule has 1 unspecified atom stereocenters. The molecular formula is C16H17N3S. The molecule has 20 heavy (non-hydrogen) atoms. The summed E-state index contributed by atoms with van der Waals surface area (Å²) >= 11 is 1.63. The third-order valence-electron chi connectivity index (χ3n) is 3.34. The van der Waals surface area contributed by atoms with Gasteiger partial charge in [-0.05, 0) is 30.7 Å². The first-order chi connectivity index (χ1) is 9.90. The number of hydrogen-bond acceptors (Lipinski definition) is 4. The molecule has 3 rings (SSSR count). The minimum Gasteiger partial charge on any atom is -0.305 e. The molecule has 3 nitrogen and oxygen atoms in total. The Morgan fingerprint density at radius 2 is 2.15 bits per heavy atom. The number of aromatic nitrogens is 2. The third-order valence-corrected chi connectivity index (χ3v) is 3.94. The van der Waals surface area contributed by atoms with E-state index in [1.807, 2.05) is 17.8 Å². The molecule has 102 valence electrons. The van der Waals surface area contributed by atoms with Crippen LogP contribution < -0.4 is 5.32 Å². The van der Waals surface area contributed by atoms with Crippen molar-refractivity contribution in [3.63, 3.8) is 0 Å². The van der Waals surface area contributed by atoms with Crippen molar-refractivity contribution in [2.45, 2.75) is 19.4 Å². The Bertz CT molecular complexity index is 674. The van der Waals surface area contributed by atoms with Crippen LogP contribution in [-0.4, -0.2) is 16.5 Å². The van der Waals surface area contributed by atoms with Crippen molar-refractivity contribution in [2.75, 3.05) is 6.54 Å². The second kappa shape index (κ2) is 6.11. The topological polar surface area (TPSA) is 37.8 Å². The lowest BCUT2D eigenvalue weighted by Crippen LogP contribution is -2.23. The third kappa shape index (κ3) is 2.57. The van der Waals surface area contributed by atoms with Crippen LogP contribution in [0.5, 0.6) is 0 Å². The highest BCUT2D eigenvalue weighted by Gasteiger charge is 2.17. The Labute approximate surface area is 122 Å². The van der Waals surface area contributed by atoms with Gasteiger partial charge in [0.25, 0.3) is 0 Å². The molecule has 1 N–H and O–H groups in total. The van der Waals surface area contributed by atoms with E-state index in [-0.39, 0.29) is 6.04 Å². The van der Waals surface area contributed by atoms with Gasteiger partial charge in [0, 0.05) is 17.0 Å². The molecule has 0 amide bonds. The van der Waals surface area contributed by atoms with E-state index < -0.39 is 0 Å². The van der Waals surface area contributed by atoms with Gasteiger partial charge in [0.1, 0.15) is 0 Å². The first kappa shape index (κ1) is 13.2. The SMILES string of the molecule is CCCNC(c1cscn1)c1cccc2ncccc12. The van der Waals surface area contributed by atoms with Crippen LogP contribution in [0.2, 0.25) is 0 Å². The average molecular weight is 283 g/mol. The molecule has 0 saturated carbocycles. The predicted molar refractivity (Wildman–Crippen MR) is 84.0 cm³/mol. The van der Waals surface area contributed by atoms with Crippen LogP contribution in [0.3, 0.4) is 0 Å². The van der Waals surface area contributed by atoms with E-state index in [9.17, 15) is 0 Å². The van der Waals surface area contributed by atoms with Gasteiger partial charge >= 0.3 is 0 Å². The summed E-state index contributed by atoms with van der Waals surface area (Å²) in [5, 5.41) is 6.90. The van der Waals surface area contributed by atoms with Crippen molar-refractivity contribution < 1.29 is 0 Å². The molecule has 3 aromatic rings. The highest BCUT2D eigenvalue weighted by molar-refractivity contribution is 7.07. The van der Waals surface area contributed by atoms with Gasteiger partial charge in [-0.25, -0.2) is 4.98 Å². The molecule has 0 spiro atoms. The summed E-state index contributed by atoms with van der Waals surface area (Å²) in [5.74, 6) is 0. The number of fused-ring (bicyclic) bond motifs is 1. The van der Waals surface area contributed by atoms with E-state index in [4.69, 9.17) is 0 Å². The van der Waals surface area contributed by atoms with Crippen LogP contribution in [-0.2, 0) is 0 Å². The van der Waals surface area contributed by atoms with E-state index in [1.54, 1.807) is 11.3 Å². The quantitative estimate of drug-likeness (QED) is 0.774. The lowest BCUT2D eigenvalue weighted by atomic mass is 9.99. The van der Waals surface area contributed by atoms with Crippen LogP contribution in [0, 0.1) is 0 Å². The largest absolute Gasteiger partial charge is 0.305 e. The molecule has 0 saturated heterocycles. The molecule has 2 heterocycles. The molecule has 0 aliphatic carbocycles. The van der Waals surface area contributed by atoms with Gasteiger partial charge in [0.05, 0.1) is 22.8 Å². The fraction of sp³-hybridized carbons (Fsp3) is 0.250. The Hall–Kier alpha value is -1.78. The molecule has 4 heteroatoms. The Morgan fingerprint density at radius 3 is 2.95 bits per heavy atom. The highest BCUT2D eigenvalue weighted by atomic mass is 32.1. The van der Waals surface area contributed by atoms with E-state index in [0.29, 0.717) is 0 Å². The molecule has 0 aliphatic heterocycles. The van der Waals surface area contributed by atoms with Crippen molar-refractivity contribution in [1.29, 1.82) is 0 Å². The van der Waals surface area contributed by atoms with Crippen LogP contribution in [0.25, 0.3) is 10.9 Å². The summed E-state index contributed by atoms with van der Waals surface area (Å²) in [5.41, 5.74) is 5.25. The zero-order valence-corrected chi connectivity index (χ0v) is 12.2. The summed E-state index contributed by atoms with van der Waals surface area (Å²) in [6, 6.07) is 10.5. The van der Waals surface area contributed by atoms with Crippen LogP contribution in [0.4, 0.5) is 0 Å². The molecule has 0 fully saturated rings. The summed E-state index contributed by atoms with van der Waals surface area (Å²) in [6.45, 7) is 3.15. The number of thiazole rings is 1. The Kier molecular flexibility index (Phi) is 4.04. The average Bonchev–Trinajstić information content (AvgIpc) is 3.02. The van der Waals surface area contributed by atoms with Crippen molar-refractivity contribution in [3.8, 4) is 0 Å². The maximum Gasteiger partial charge on any atom is 0.0795 e. The number of rotatable bonds is 5. The smallest absolute Gasteiger partial charge is 0.0795 e. The van der Waals surface area contributed by atoms with Crippen molar-refractivity contribution >= 4 is 22.2 Å². The van der Waals surface area contributed by atoms with E-state index >= 15 is 0 Å². The summed E-state index contributed by atoms with van der Waals surface area (Å²) in [4.78, 5) is 8.93. The van der Waals surface area contributed by atoms with Crippen LogP contribution in [0.15, 0.2) is 47.4 Å². The lowest BCUT2D eigenvalue weighted by Gasteiger charge is -2.18. The van der Waals surface area contributed by atoms with E-state index in [0.717, 1.165) is 24.2 Å². The highest BCUT2D eigenvalue weighted by Crippen LogP contribution is 2.28. The maximum absolute atomic E-state index is 4.49. The van der Waals surface area contributed by atoms with Crippen LogP contribution in [0.1, 0.15) is 30.6 Å². The van der Waals surface area contributed by atoms with Gasteiger partial charge in [-0.15, -0.1) is 11.3 Å². The van der Waals surface area contributed by atoms with Gasteiger partial charge in [-0.3, -0.25) is 4.98 Å². The first-order valence-electron chi connectivity index (χ1n) is 6.85. The second-order valence-corrected chi connectivity index (χ2v) is 5.44. The number of nitrogens with zero attached hydrogens (tertiary/aromatic N) is 2. The Morgan fingerprint density at radius 1 is 1.20 bits per heavy atom. The van der Waals surface area contributed by atoms with Crippen LogP contribution >= 0.6 is 11.3 Å². The number of nitrogens with one attached hydrogen (secondary N) is 1. The number of hydrogen-bond donors (Lipinski definition) is 1. The Balaban J connectivity index is 2.09. The van der Waals surface area contributed by atoms with E-state index in [2.05, 4.69) is 51.9 Å². The molecular weight excluding hydrogens is 266 g/mol. The lowest BCUT2D eigenvalue weighted by molar-refractivity contribution is 0.592. The minimum atomic E-state index is 0.133. The molecule has 2 aromatic heterocycles. The zero-order chi connectivity index (χ0) is 13.8. The standard InChI is InChI=1S/C16H17N3S/c1-2-8-18-16(15-10-20-11-19-15)13-5-3-7-14-12(13)6-4-9-17-14/h3-7,9-11,16,18H,2,8H2,1H3. The first-order valence-corrected chi connectivity index (χ1v) is 7.79. The molecule has 0 aliphatic rings. The summed E-state index contributed by atoms with van der Waals surface area (Å²) in [6.07, 6.45) is 2.94. The van der Waals surface area contributed by atoms with Gasteiger partial charge in [-0.2, -0.15) is 0 Å². The number of pyridine rings is 1. The minimum absolute atomic E-state index is 0.133. The van der Waals surface area contributed by atoms with Crippen molar-refractivity contribution in [3.05, 3.63) is 58.7 Å². The predicted octanol–water partition coefficient (Wildman–Crippen LogP) is 3.78. The molecule has 1 atom stereocenters. The molecule has 0 bridgehead atoms. The normalized spacial score (nSPS) is 12.7. The fourth-order valence-electron chi connectivity index (χ4n) is 2.41. The molecule has 1 aromatic carbocycles. The second-order valence-electron chi connectivity index (χ2n) is 4.72. The van der Waals surface area contributed by atoms with Gasteiger partial charge in [-0.1, -0.05) is 25.1 Å². The van der Waals surface area contributed by atoms with Gasteiger partial charge in [0.2, 0.25) is 0 Å². The fourth-order valence-corrected chi connectivity index (χ4v) is 2.99.